The van der Waals surface area contributed by atoms with E-state index in [-0.39, 0.29) is 5.69 Å². The first-order chi connectivity index (χ1) is 9.56. The van der Waals surface area contributed by atoms with Crippen LogP contribution in [-0.4, -0.2) is 6.03 Å². The Labute approximate surface area is 118 Å². The van der Waals surface area contributed by atoms with Crippen LogP contribution in [0.4, 0.5) is 19.3 Å². The van der Waals surface area contributed by atoms with Gasteiger partial charge in [0, 0.05) is 17.1 Å². The van der Waals surface area contributed by atoms with E-state index >= 15 is 0 Å². The van der Waals surface area contributed by atoms with E-state index < -0.39 is 17.7 Å². The molecule has 0 spiro atoms. The lowest BCUT2D eigenvalue weighted by Gasteiger charge is -2.05. The molecule has 1 aromatic heterocycles. The Balaban J connectivity index is 1.93. The first-order valence-corrected chi connectivity index (χ1v) is 6.67. The number of halogens is 2. The van der Waals surface area contributed by atoms with Crippen molar-refractivity contribution in [3.8, 4) is 0 Å². The molecule has 0 aliphatic rings. The van der Waals surface area contributed by atoms with Crippen molar-refractivity contribution in [1.29, 1.82) is 0 Å². The van der Waals surface area contributed by atoms with Gasteiger partial charge in [0.2, 0.25) is 0 Å². The molecule has 3 nitrogen and oxygen atoms in total. The van der Waals surface area contributed by atoms with Crippen LogP contribution in [0.15, 0.2) is 35.8 Å². The number of carbonyl (C=O) groups excluding carboxylic acids is 1. The molecule has 20 heavy (non-hydrogen) atoms. The number of anilines is 1. The molecule has 2 amide bonds. The highest BCUT2D eigenvalue weighted by Gasteiger charge is 2.06. The van der Waals surface area contributed by atoms with Crippen LogP contribution in [0.2, 0.25) is 0 Å². The molecule has 2 aromatic rings. The molecule has 0 fully saturated rings. The van der Waals surface area contributed by atoms with Gasteiger partial charge < -0.3 is 10.6 Å². The number of hydrogen-bond donors (Lipinski definition) is 2. The summed E-state index contributed by atoms with van der Waals surface area (Å²) in [5.74, 6) is -1.51. The van der Waals surface area contributed by atoms with Gasteiger partial charge in [-0.05, 0) is 42.1 Å². The number of urea groups is 1. The molecule has 104 valence electrons. The van der Waals surface area contributed by atoms with Crippen molar-refractivity contribution < 1.29 is 13.6 Å². The molecule has 0 bridgehead atoms. The van der Waals surface area contributed by atoms with E-state index in [2.05, 4.69) is 10.6 Å². The molecule has 2 rings (SSSR count). The Morgan fingerprint density at radius 1 is 1.30 bits per heavy atom. The maximum Gasteiger partial charge on any atom is 0.323 e. The maximum absolute atomic E-state index is 13.3. The second kappa shape index (κ2) is 6.29. The molecular weight excluding hydrogens is 282 g/mol. The van der Waals surface area contributed by atoms with Crippen LogP contribution >= 0.6 is 11.3 Å². The van der Waals surface area contributed by atoms with Crippen LogP contribution in [-0.2, 0) is 0 Å². The fourth-order valence-electron chi connectivity index (χ4n) is 1.50. The highest BCUT2D eigenvalue weighted by atomic mass is 32.1. The minimum Gasteiger partial charge on any atom is -0.314 e. The predicted octanol–water partition coefficient (Wildman–Crippen LogP) is 4.13. The van der Waals surface area contributed by atoms with Gasteiger partial charge in [-0.2, -0.15) is 0 Å². The van der Waals surface area contributed by atoms with Gasteiger partial charge in [-0.3, -0.25) is 0 Å². The predicted molar refractivity (Wildman–Crippen MR) is 76.6 cm³/mol. The summed E-state index contributed by atoms with van der Waals surface area (Å²) < 4.78 is 26.0. The van der Waals surface area contributed by atoms with Crippen molar-refractivity contribution in [2.24, 2.45) is 0 Å². The summed E-state index contributed by atoms with van der Waals surface area (Å²) in [6, 6.07) is 4.32. The van der Waals surface area contributed by atoms with Crippen LogP contribution in [0.1, 0.15) is 10.4 Å². The molecule has 1 aromatic carbocycles. The average molecular weight is 294 g/mol. The van der Waals surface area contributed by atoms with Crippen LogP contribution in [0.3, 0.4) is 0 Å². The Hall–Kier alpha value is -2.21. The van der Waals surface area contributed by atoms with E-state index in [1.807, 2.05) is 18.4 Å². The lowest BCUT2D eigenvalue weighted by molar-refractivity contribution is 0.255. The summed E-state index contributed by atoms with van der Waals surface area (Å²) in [6.07, 6.45) is 3.22. The zero-order chi connectivity index (χ0) is 14.5. The van der Waals surface area contributed by atoms with E-state index in [1.54, 1.807) is 17.4 Å². The smallest absolute Gasteiger partial charge is 0.314 e. The third-order valence-electron chi connectivity index (χ3n) is 2.53. The number of nitrogens with one attached hydrogen (secondary N) is 2. The van der Waals surface area contributed by atoms with Crippen LogP contribution < -0.4 is 10.6 Å². The van der Waals surface area contributed by atoms with Crippen LogP contribution in [0, 0.1) is 18.6 Å². The van der Waals surface area contributed by atoms with Gasteiger partial charge >= 0.3 is 6.03 Å². The molecular formula is C14H12F2N2OS. The van der Waals surface area contributed by atoms with E-state index in [1.165, 1.54) is 6.20 Å². The van der Waals surface area contributed by atoms with E-state index in [0.717, 1.165) is 22.6 Å². The molecule has 0 atom stereocenters. The van der Waals surface area contributed by atoms with Crippen molar-refractivity contribution in [2.45, 2.75) is 6.92 Å². The maximum atomic E-state index is 13.3. The summed E-state index contributed by atoms with van der Waals surface area (Å²) in [4.78, 5) is 12.6. The summed E-state index contributed by atoms with van der Waals surface area (Å²) >= 11 is 1.55. The molecule has 0 saturated heterocycles. The third kappa shape index (κ3) is 3.64. The van der Waals surface area contributed by atoms with Gasteiger partial charge in [0.05, 0.1) is 5.69 Å². The Morgan fingerprint density at radius 3 is 2.75 bits per heavy atom. The highest BCUT2D eigenvalue weighted by Crippen LogP contribution is 2.17. The highest BCUT2D eigenvalue weighted by molar-refractivity contribution is 7.11. The minimum atomic E-state index is -0.821. The normalized spacial score (nSPS) is 10.8. The van der Waals surface area contributed by atoms with Gasteiger partial charge in [-0.25, -0.2) is 13.6 Å². The summed E-state index contributed by atoms with van der Waals surface area (Å²) in [5, 5.41) is 6.69. The minimum absolute atomic E-state index is 0.0791. The summed E-state index contributed by atoms with van der Waals surface area (Å²) in [6.45, 7) is 1.96. The number of rotatable bonds is 3. The Morgan fingerprint density at radius 2 is 2.10 bits per heavy atom. The molecule has 0 unspecified atom stereocenters. The number of benzene rings is 1. The van der Waals surface area contributed by atoms with Gasteiger partial charge in [-0.1, -0.05) is 0 Å². The quantitative estimate of drug-likeness (QED) is 0.878. The number of carbonyl (C=O) groups is 1. The van der Waals surface area contributed by atoms with Crippen molar-refractivity contribution in [1.82, 2.24) is 5.32 Å². The van der Waals surface area contributed by atoms with Crippen molar-refractivity contribution in [2.75, 3.05) is 5.32 Å². The molecule has 6 heteroatoms. The van der Waals surface area contributed by atoms with Gasteiger partial charge in [0.25, 0.3) is 0 Å². The summed E-state index contributed by atoms with van der Waals surface area (Å²) in [5.41, 5.74) is 1.03. The van der Waals surface area contributed by atoms with Crippen LogP contribution in [0.25, 0.3) is 6.08 Å². The Kier molecular flexibility index (Phi) is 4.47. The molecule has 2 N–H and O–H groups in total. The molecule has 1 heterocycles. The van der Waals surface area contributed by atoms with Crippen molar-refractivity contribution >= 4 is 29.1 Å². The summed E-state index contributed by atoms with van der Waals surface area (Å²) in [7, 11) is 0. The van der Waals surface area contributed by atoms with E-state index in [4.69, 9.17) is 0 Å². The lowest BCUT2D eigenvalue weighted by atomic mass is 10.3. The topological polar surface area (TPSA) is 41.1 Å². The standard InChI is InChI=1S/C14H12F2N2OS/c1-9-5-7-20-13(9)4-6-17-14(19)18-12-3-2-10(15)8-11(12)16/h2-8H,1H3,(H2,17,18,19)/b6-4+. The Bertz CT molecular complexity index is 652. The SMILES string of the molecule is Cc1ccsc1/C=C/NC(=O)Nc1ccc(F)cc1F. The van der Waals surface area contributed by atoms with Crippen LogP contribution in [0.5, 0.6) is 0 Å². The fraction of sp³-hybridized carbons (Fsp3) is 0.0714. The molecule has 0 radical (unpaired) electrons. The van der Waals surface area contributed by atoms with Gasteiger partial charge in [-0.15, -0.1) is 11.3 Å². The first-order valence-electron chi connectivity index (χ1n) is 5.79. The molecule has 0 aliphatic carbocycles. The second-order valence-electron chi connectivity index (χ2n) is 4.02. The average Bonchev–Trinajstić information content (AvgIpc) is 2.79. The number of aryl methyl sites for hydroxylation is 1. The zero-order valence-corrected chi connectivity index (χ0v) is 11.4. The number of thiophene rings is 1. The monoisotopic (exact) mass is 294 g/mol. The molecule has 0 aliphatic heterocycles. The number of amides is 2. The van der Waals surface area contributed by atoms with Gasteiger partial charge in [0.1, 0.15) is 11.6 Å². The fourth-order valence-corrected chi connectivity index (χ4v) is 2.32. The van der Waals surface area contributed by atoms with E-state index in [9.17, 15) is 13.6 Å². The number of hydrogen-bond acceptors (Lipinski definition) is 2. The van der Waals surface area contributed by atoms with Crippen molar-refractivity contribution in [3.63, 3.8) is 0 Å². The largest absolute Gasteiger partial charge is 0.323 e. The first kappa shape index (κ1) is 14.2. The molecule has 0 saturated carbocycles. The van der Waals surface area contributed by atoms with Gasteiger partial charge in [0.15, 0.2) is 0 Å². The van der Waals surface area contributed by atoms with E-state index in [0.29, 0.717) is 6.07 Å². The lowest BCUT2D eigenvalue weighted by Crippen LogP contribution is -2.24. The van der Waals surface area contributed by atoms with Crippen molar-refractivity contribution in [3.05, 3.63) is 57.9 Å². The second-order valence-corrected chi connectivity index (χ2v) is 4.97. The third-order valence-corrected chi connectivity index (χ3v) is 3.51. The zero-order valence-electron chi connectivity index (χ0n) is 10.6.